The Labute approximate surface area is 242 Å². The van der Waals surface area contributed by atoms with E-state index in [0.29, 0.717) is 11.5 Å². The Kier molecular flexibility index (Phi) is 15.9. The summed E-state index contributed by atoms with van der Waals surface area (Å²) < 4.78 is 37.8. The van der Waals surface area contributed by atoms with Crippen LogP contribution in [0.15, 0.2) is 47.4 Å². The van der Waals surface area contributed by atoms with Gasteiger partial charge in [-0.1, -0.05) is 95.8 Å². The predicted octanol–water partition coefficient (Wildman–Crippen LogP) is 4.05. The summed E-state index contributed by atoms with van der Waals surface area (Å²) in [4.78, 5) is -0.224. The molecule has 1 N–H and O–H groups in total. The van der Waals surface area contributed by atoms with Gasteiger partial charge in [0, 0.05) is 6.07 Å². The number of benzene rings is 2. The zero-order valence-electron chi connectivity index (χ0n) is 20.2. The van der Waals surface area contributed by atoms with E-state index in [4.69, 9.17) is 4.74 Å². The van der Waals surface area contributed by atoms with E-state index in [1.165, 1.54) is 88.5 Å². The summed E-state index contributed by atoms with van der Waals surface area (Å²) in [7, 11) is -4.30. The Hall–Kier alpha value is -0.414. The number of ether oxygens (including phenoxy) is 1. The third-order valence-corrected chi connectivity index (χ3v) is 6.51. The first-order valence-corrected chi connectivity index (χ1v) is 13.4. The van der Waals surface area contributed by atoms with Crippen LogP contribution in [0.1, 0.15) is 89.5 Å². The molecule has 178 valence electrons. The van der Waals surface area contributed by atoms with Crippen LogP contribution < -0.4 is 61.2 Å². The van der Waals surface area contributed by atoms with Gasteiger partial charge in [-0.3, -0.25) is 4.55 Å². The Bertz CT molecular complexity index is 915. The molecule has 0 spiro atoms. The minimum Gasteiger partial charge on any atom is -0.872 e. The fourth-order valence-electron chi connectivity index (χ4n) is 3.83. The summed E-state index contributed by atoms with van der Waals surface area (Å²) in [5, 5.41) is 11.8. The molecule has 0 fully saturated rings. The molecule has 2 aromatic carbocycles. The van der Waals surface area contributed by atoms with Gasteiger partial charge in [0.25, 0.3) is 10.1 Å². The van der Waals surface area contributed by atoms with Crippen molar-refractivity contribution in [3.05, 3.63) is 48.0 Å². The largest absolute Gasteiger partial charge is 1.00 e. The van der Waals surface area contributed by atoms with Gasteiger partial charge in [0.15, 0.2) is 0 Å². The van der Waals surface area contributed by atoms with Gasteiger partial charge in [-0.2, -0.15) is 8.42 Å². The molecule has 0 aliphatic rings. The van der Waals surface area contributed by atoms with Crippen molar-refractivity contribution < 1.29 is 74.2 Å². The molecule has 7 heteroatoms. The van der Waals surface area contributed by atoms with Crippen molar-refractivity contribution in [3.8, 4) is 17.2 Å². The molecule has 5 nitrogen and oxygen atoms in total. The number of rotatable bonds is 16. The minimum absolute atomic E-state index is 0. The van der Waals surface area contributed by atoms with Crippen LogP contribution in [0.25, 0.3) is 0 Å². The number of hydrogen-bond donors (Lipinski definition) is 1. The van der Waals surface area contributed by atoms with Crippen LogP contribution >= 0.6 is 0 Å². The number of aryl methyl sites for hydroxylation is 1. The molecule has 0 aromatic heterocycles. The number of hydrogen-bond acceptors (Lipinski definition) is 4. The molecule has 0 heterocycles. The average molecular weight is 501 g/mol. The van der Waals surface area contributed by atoms with Crippen molar-refractivity contribution in [1.29, 1.82) is 0 Å². The third kappa shape index (κ3) is 12.7. The molecular formula is C26H37KO5S. The van der Waals surface area contributed by atoms with E-state index < -0.39 is 10.1 Å². The van der Waals surface area contributed by atoms with Crippen molar-refractivity contribution in [2.24, 2.45) is 0 Å². The smallest absolute Gasteiger partial charge is 0.872 e. The summed E-state index contributed by atoms with van der Waals surface area (Å²) in [6.07, 6.45) is 16.0. The van der Waals surface area contributed by atoms with Gasteiger partial charge >= 0.3 is 51.4 Å². The summed E-state index contributed by atoms with van der Waals surface area (Å²) >= 11 is 0. The maximum atomic E-state index is 11.8. The van der Waals surface area contributed by atoms with Gasteiger partial charge in [0.2, 0.25) is 0 Å². The van der Waals surface area contributed by atoms with Crippen LogP contribution in [0.4, 0.5) is 0 Å². The molecule has 2 rings (SSSR count). The molecule has 0 unspecified atom stereocenters. The third-order valence-electron chi connectivity index (χ3n) is 5.66. The Morgan fingerprint density at radius 2 is 1.39 bits per heavy atom. The maximum absolute atomic E-state index is 11.8. The van der Waals surface area contributed by atoms with Crippen LogP contribution in [0.3, 0.4) is 0 Å². The van der Waals surface area contributed by atoms with Crippen molar-refractivity contribution in [2.75, 3.05) is 0 Å². The first-order valence-electron chi connectivity index (χ1n) is 12.0. The van der Waals surface area contributed by atoms with E-state index in [1.54, 1.807) is 18.2 Å². The molecular weight excluding hydrogens is 463 g/mol. The van der Waals surface area contributed by atoms with E-state index in [9.17, 15) is 18.1 Å². The van der Waals surface area contributed by atoms with Crippen LogP contribution in [-0.4, -0.2) is 13.0 Å². The van der Waals surface area contributed by atoms with Crippen molar-refractivity contribution >= 4 is 10.1 Å². The fourth-order valence-corrected chi connectivity index (χ4v) is 4.35. The quantitative estimate of drug-likeness (QED) is 0.213. The Balaban J connectivity index is 0.00000544. The van der Waals surface area contributed by atoms with Gasteiger partial charge in [0.05, 0.1) is 4.90 Å². The molecule has 2 aromatic rings. The van der Waals surface area contributed by atoms with E-state index >= 15 is 0 Å². The summed E-state index contributed by atoms with van der Waals surface area (Å²) in [5.74, 6) is 0.771. The standard InChI is InChI=1S/C26H38O5S.K/c1-2-3-4-5-6-7-8-9-10-11-12-13-15-22-20-23(27)18-19-26(22)31-24-16-14-17-25(21-24)32(28,29)30;/h14,16-21,27H,2-13,15H2,1H3,(H,28,29,30);/q;+1/p-1. The first-order chi connectivity index (χ1) is 15.4. The second kappa shape index (κ2) is 17.1. The SMILES string of the molecule is CCCCCCCCCCCCCCc1cc([O-])ccc1Oc1cccc(S(=O)(=O)O)c1.[K+]. The molecule has 0 saturated heterocycles. The van der Waals surface area contributed by atoms with Crippen LogP contribution in [0, 0.1) is 0 Å². The molecule has 0 radical (unpaired) electrons. The fraction of sp³-hybridized carbons (Fsp3) is 0.538. The molecule has 0 bridgehead atoms. The van der Waals surface area contributed by atoms with Crippen LogP contribution in [-0.2, 0) is 16.5 Å². The predicted molar refractivity (Wildman–Crippen MR) is 127 cm³/mol. The number of unbranched alkanes of at least 4 members (excludes halogenated alkanes) is 11. The van der Waals surface area contributed by atoms with E-state index in [-0.39, 0.29) is 62.0 Å². The van der Waals surface area contributed by atoms with Gasteiger partial charge in [-0.15, -0.1) is 5.75 Å². The Morgan fingerprint density at radius 1 is 0.818 bits per heavy atom. The topological polar surface area (TPSA) is 86.7 Å². The summed E-state index contributed by atoms with van der Waals surface area (Å²) in [6.45, 7) is 2.25. The molecule has 33 heavy (non-hydrogen) atoms. The summed E-state index contributed by atoms with van der Waals surface area (Å²) in [5.41, 5.74) is 0.821. The van der Waals surface area contributed by atoms with E-state index in [0.717, 1.165) is 24.8 Å². The minimum atomic E-state index is -4.30. The average Bonchev–Trinajstić information content (AvgIpc) is 2.76. The normalized spacial score (nSPS) is 11.2. The van der Waals surface area contributed by atoms with Crippen molar-refractivity contribution in [2.45, 2.75) is 95.3 Å². The zero-order valence-corrected chi connectivity index (χ0v) is 24.2. The van der Waals surface area contributed by atoms with Crippen molar-refractivity contribution in [3.63, 3.8) is 0 Å². The maximum Gasteiger partial charge on any atom is 1.00 e. The first kappa shape index (κ1) is 30.6. The zero-order chi connectivity index (χ0) is 23.2. The van der Waals surface area contributed by atoms with Crippen LogP contribution in [0.2, 0.25) is 0 Å². The molecule has 0 amide bonds. The van der Waals surface area contributed by atoms with Gasteiger partial charge < -0.3 is 9.84 Å². The second-order valence-electron chi connectivity index (χ2n) is 8.46. The Morgan fingerprint density at radius 3 is 1.97 bits per heavy atom. The molecule has 0 saturated carbocycles. The van der Waals surface area contributed by atoms with Crippen molar-refractivity contribution in [1.82, 2.24) is 0 Å². The monoisotopic (exact) mass is 500 g/mol. The molecule has 0 aliphatic carbocycles. The molecule has 0 aliphatic heterocycles. The van der Waals surface area contributed by atoms with E-state index in [2.05, 4.69) is 6.92 Å². The molecule has 0 atom stereocenters. The van der Waals surface area contributed by atoms with Gasteiger partial charge in [0.1, 0.15) is 11.5 Å². The second-order valence-corrected chi connectivity index (χ2v) is 9.88. The van der Waals surface area contributed by atoms with Gasteiger partial charge in [-0.25, -0.2) is 0 Å². The summed E-state index contributed by atoms with van der Waals surface area (Å²) in [6, 6.07) is 10.3. The van der Waals surface area contributed by atoms with Crippen LogP contribution in [0.5, 0.6) is 17.2 Å². The van der Waals surface area contributed by atoms with E-state index in [1.807, 2.05) is 0 Å². The van der Waals surface area contributed by atoms with Gasteiger partial charge in [-0.05, 0) is 36.6 Å².